The van der Waals surface area contributed by atoms with Crippen LogP contribution in [0.1, 0.15) is 37.7 Å². The van der Waals surface area contributed by atoms with Crippen molar-refractivity contribution in [2.75, 3.05) is 27.2 Å². The monoisotopic (exact) mass is 377 g/mol. The smallest absolute Gasteiger partial charge is 0.263 e. The minimum absolute atomic E-state index is 0.183. The van der Waals surface area contributed by atoms with E-state index < -0.39 is 10.2 Å². The summed E-state index contributed by atoms with van der Waals surface area (Å²) in [6.07, 6.45) is 6.47. The van der Waals surface area contributed by atoms with Crippen molar-refractivity contribution in [3.8, 4) is 11.4 Å². The Labute approximate surface area is 155 Å². The van der Waals surface area contributed by atoms with Crippen LogP contribution in [0.5, 0.6) is 0 Å². The third kappa shape index (κ3) is 3.82. The first-order chi connectivity index (χ1) is 12.4. The van der Waals surface area contributed by atoms with Gasteiger partial charge in [0.15, 0.2) is 0 Å². The summed E-state index contributed by atoms with van der Waals surface area (Å²) in [5.41, 5.74) is 3.03. The summed E-state index contributed by atoms with van der Waals surface area (Å²) in [7, 11) is -0.208. The SMILES string of the molecule is CCCn1nccc1-c1cc([C@@H]2CCCN(S(=O)(=O)N(C)C)C2)ccn1. The molecule has 1 fully saturated rings. The van der Waals surface area contributed by atoms with Crippen LogP contribution in [0.2, 0.25) is 0 Å². The summed E-state index contributed by atoms with van der Waals surface area (Å²) in [6.45, 7) is 4.07. The lowest BCUT2D eigenvalue weighted by atomic mass is 9.91. The van der Waals surface area contributed by atoms with Gasteiger partial charge in [-0.05, 0) is 48.9 Å². The molecule has 3 rings (SSSR count). The van der Waals surface area contributed by atoms with E-state index in [-0.39, 0.29) is 5.92 Å². The number of piperidine rings is 1. The normalized spacial score (nSPS) is 19.2. The highest BCUT2D eigenvalue weighted by molar-refractivity contribution is 7.86. The Morgan fingerprint density at radius 2 is 2.08 bits per heavy atom. The van der Waals surface area contributed by atoms with Crippen molar-refractivity contribution < 1.29 is 8.42 Å². The van der Waals surface area contributed by atoms with Crippen LogP contribution in [0.4, 0.5) is 0 Å². The van der Waals surface area contributed by atoms with Gasteiger partial charge in [-0.3, -0.25) is 9.67 Å². The van der Waals surface area contributed by atoms with Crippen LogP contribution in [-0.2, 0) is 16.8 Å². The number of nitrogens with zero attached hydrogens (tertiary/aromatic N) is 5. The van der Waals surface area contributed by atoms with Crippen LogP contribution in [-0.4, -0.2) is 59.0 Å². The van der Waals surface area contributed by atoms with E-state index in [1.807, 2.05) is 23.0 Å². The molecule has 1 atom stereocenters. The molecule has 0 aromatic carbocycles. The van der Waals surface area contributed by atoms with Gasteiger partial charge in [0.1, 0.15) is 0 Å². The Kier molecular flexibility index (Phi) is 5.74. The van der Waals surface area contributed by atoms with Crippen molar-refractivity contribution >= 4 is 10.2 Å². The van der Waals surface area contributed by atoms with Crippen LogP contribution in [0.3, 0.4) is 0 Å². The van der Waals surface area contributed by atoms with Gasteiger partial charge in [-0.1, -0.05) is 6.92 Å². The highest BCUT2D eigenvalue weighted by Gasteiger charge is 2.31. The van der Waals surface area contributed by atoms with Crippen LogP contribution in [0.15, 0.2) is 30.6 Å². The Morgan fingerprint density at radius 3 is 2.81 bits per heavy atom. The zero-order valence-corrected chi connectivity index (χ0v) is 16.5. The maximum Gasteiger partial charge on any atom is 0.281 e. The van der Waals surface area contributed by atoms with E-state index in [2.05, 4.69) is 23.1 Å². The third-order valence-electron chi connectivity index (χ3n) is 4.84. The molecule has 0 saturated carbocycles. The molecule has 1 saturated heterocycles. The minimum atomic E-state index is -3.37. The molecule has 1 aliphatic rings. The largest absolute Gasteiger partial charge is 0.281 e. The topological polar surface area (TPSA) is 71.3 Å². The average Bonchev–Trinajstić information content (AvgIpc) is 3.10. The molecule has 0 spiro atoms. The van der Waals surface area contributed by atoms with Crippen molar-refractivity contribution in [1.29, 1.82) is 0 Å². The molecule has 8 heteroatoms. The second kappa shape index (κ2) is 7.85. The van der Waals surface area contributed by atoms with E-state index in [0.717, 1.165) is 42.8 Å². The van der Waals surface area contributed by atoms with E-state index >= 15 is 0 Å². The fourth-order valence-corrected chi connectivity index (χ4v) is 4.63. The standard InChI is InChI=1S/C18H27N5O2S/c1-4-11-23-18(8-10-20-23)17-13-15(7-9-19-17)16-6-5-12-22(14-16)26(24,25)21(2)3/h7-10,13,16H,4-6,11-12,14H2,1-3H3/t16-/m1/s1. The van der Waals surface area contributed by atoms with Crippen molar-refractivity contribution in [2.24, 2.45) is 0 Å². The third-order valence-corrected chi connectivity index (χ3v) is 6.75. The van der Waals surface area contributed by atoms with Crippen molar-refractivity contribution in [3.63, 3.8) is 0 Å². The van der Waals surface area contributed by atoms with Crippen molar-refractivity contribution in [3.05, 3.63) is 36.2 Å². The minimum Gasteiger partial charge on any atom is -0.263 e. The molecular formula is C18H27N5O2S. The quantitative estimate of drug-likeness (QED) is 0.775. The van der Waals surface area contributed by atoms with Crippen LogP contribution in [0, 0.1) is 0 Å². The van der Waals surface area contributed by atoms with E-state index in [1.165, 1.54) is 4.31 Å². The number of pyridine rings is 1. The number of rotatable bonds is 6. The van der Waals surface area contributed by atoms with Crippen molar-refractivity contribution in [1.82, 2.24) is 23.4 Å². The first-order valence-corrected chi connectivity index (χ1v) is 10.5. The molecule has 142 valence electrons. The van der Waals surface area contributed by atoms with Crippen molar-refractivity contribution in [2.45, 2.75) is 38.6 Å². The Balaban J connectivity index is 1.85. The maximum absolute atomic E-state index is 12.5. The summed E-state index contributed by atoms with van der Waals surface area (Å²) in [5.74, 6) is 0.183. The van der Waals surface area contributed by atoms with E-state index in [9.17, 15) is 8.42 Å². The molecule has 0 bridgehead atoms. The molecule has 26 heavy (non-hydrogen) atoms. The molecule has 2 aromatic heterocycles. The average molecular weight is 378 g/mol. The van der Waals surface area contributed by atoms with E-state index in [0.29, 0.717) is 13.1 Å². The van der Waals surface area contributed by atoms with E-state index in [4.69, 9.17) is 0 Å². The zero-order valence-electron chi connectivity index (χ0n) is 15.7. The van der Waals surface area contributed by atoms with E-state index in [1.54, 1.807) is 24.6 Å². The van der Waals surface area contributed by atoms with Gasteiger partial charge >= 0.3 is 0 Å². The second-order valence-corrected chi connectivity index (χ2v) is 9.04. The first kappa shape index (κ1) is 19.0. The van der Waals surface area contributed by atoms with Crippen LogP contribution < -0.4 is 0 Å². The highest BCUT2D eigenvalue weighted by atomic mass is 32.2. The van der Waals surface area contributed by atoms with Gasteiger partial charge in [0.2, 0.25) is 0 Å². The van der Waals surface area contributed by atoms with Gasteiger partial charge in [-0.15, -0.1) is 0 Å². The van der Waals surface area contributed by atoms with Crippen LogP contribution >= 0.6 is 0 Å². The second-order valence-electron chi connectivity index (χ2n) is 6.90. The molecule has 0 radical (unpaired) electrons. The van der Waals surface area contributed by atoms with Gasteiger partial charge in [-0.2, -0.15) is 22.1 Å². The van der Waals surface area contributed by atoms with Gasteiger partial charge in [0, 0.05) is 46.1 Å². The molecule has 7 nitrogen and oxygen atoms in total. The van der Waals surface area contributed by atoms with Gasteiger partial charge in [-0.25, -0.2) is 0 Å². The molecule has 0 N–H and O–H groups in total. The maximum atomic E-state index is 12.5. The number of aryl methyl sites for hydroxylation is 1. The molecule has 3 heterocycles. The molecule has 0 amide bonds. The first-order valence-electron chi connectivity index (χ1n) is 9.09. The molecule has 2 aromatic rings. The predicted molar refractivity (Wildman–Crippen MR) is 102 cm³/mol. The lowest BCUT2D eigenvalue weighted by molar-refractivity contribution is 0.298. The highest BCUT2D eigenvalue weighted by Crippen LogP contribution is 2.30. The van der Waals surface area contributed by atoms with Crippen LogP contribution in [0.25, 0.3) is 11.4 Å². The fraction of sp³-hybridized carbons (Fsp3) is 0.556. The Hall–Kier alpha value is -1.77. The summed E-state index contributed by atoms with van der Waals surface area (Å²) >= 11 is 0. The predicted octanol–water partition coefficient (Wildman–Crippen LogP) is 2.34. The summed E-state index contributed by atoms with van der Waals surface area (Å²) in [6, 6.07) is 6.06. The number of aromatic nitrogens is 3. The molecular weight excluding hydrogens is 350 g/mol. The summed E-state index contributed by atoms with van der Waals surface area (Å²) in [4.78, 5) is 4.51. The lowest BCUT2D eigenvalue weighted by Gasteiger charge is -2.33. The molecule has 1 aliphatic heterocycles. The molecule has 0 aliphatic carbocycles. The lowest BCUT2D eigenvalue weighted by Crippen LogP contribution is -2.44. The molecule has 0 unspecified atom stereocenters. The Bertz CT molecular complexity index is 847. The summed E-state index contributed by atoms with van der Waals surface area (Å²) < 4.78 is 29.8. The Morgan fingerprint density at radius 1 is 1.27 bits per heavy atom. The summed E-state index contributed by atoms with van der Waals surface area (Å²) in [5, 5.41) is 4.37. The number of hydrogen-bond donors (Lipinski definition) is 0. The fourth-order valence-electron chi connectivity index (χ4n) is 3.44. The van der Waals surface area contributed by atoms with Gasteiger partial charge < -0.3 is 0 Å². The van der Waals surface area contributed by atoms with Gasteiger partial charge in [0.25, 0.3) is 10.2 Å². The van der Waals surface area contributed by atoms with Gasteiger partial charge in [0.05, 0.1) is 11.4 Å². The zero-order chi connectivity index (χ0) is 18.7. The number of hydrogen-bond acceptors (Lipinski definition) is 4.